The molecule has 2 aromatic rings. The second kappa shape index (κ2) is 4.58. The van der Waals surface area contributed by atoms with Crippen molar-refractivity contribution in [1.82, 2.24) is 9.78 Å². The van der Waals surface area contributed by atoms with Gasteiger partial charge in [0.25, 0.3) is 0 Å². The smallest absolute Gasteiger partial charge is 0.121 e. The Kier molecular flexibility index (Phi) is 2.92. The lowest BCUT2D eigenvalue weighted by Gasteiger charge is -2.26. The van der Waals surface area contributed by atoms with Gasteiger partial charge in [0.15, 0.2) is 0 Å². The maximum Gasteiger partial charge on any atom is 0.121 e. The molecule has 0 spiro atoms. The normalized spacial score (nSPS) is 17.4. The first-order valence-corrected chi connectivity index (χ1v) is 6.51. The van der Waals surface area contributed by atoms with E-state index < -0.39 is 6.10 Å². The molecule has 1 aromatic carbocycles. The molecule has 1 aliphatic rings. The largest absolute Gasteiger partial charge is 0.382 e. The number of hydrogen-bond donors (Lipinski definition) is 1. The van der Waals surface area contributed by atoms with Gasteiger partial charge in [-0.2, -0.15) is 5.10 Å². The number of nitrogens with zero attached hydrogens (tertiary/aromatic N) is 2. The monoisotopic (exact) mass is 242 g/mol. The van der Waals surface area contributed by atoms with E-state index in [1.165, 1.54) is 24.8 Å². The fourth-order valence-corrected chi connectivity index (χ4v) is 2.52. The Balaban J connectivity index is 1.82. The van der Waals surface area contributed by atoms with Gasteiger partial charge in [-0.3, -0.25) is 4.68 Å². The van der Waals surface area contributed by atoms with Crippen LogP contribution in [-0.4, -0.2) is 14.9 Å². The van der Waals surface area contributed by atoms with Gasteiger partial charge in [-0.05, 0) is 36.0 Å². The summed E-state index contributed by atoms with van der Waals surface area (Å²) >= 11 is 0. The summed E-state index contributed by atoms with van der Waals surface area (Å²) in [5, 5.41) is 14.4. The maximum atomic E-state index is 10.3. The van der Waals surface area contributed by atoms with Crippen LogP contribution in [0.25, 0.3) is 0 Å². The maximum absolute atomic E-state index is 10.3. The number of hydrogen-bond acceptors (Lipinski definition) is 2. The number of benzene rings is 1. The van der Waals surface area contributed by atoms with Gasteiger partial charge in [0.05, 0.1) is 5.69 Å². The average Bonchev–Trinajstić information content (AvgIpc) is 2.73. The summed E-state index contributed by atoms with van der Waals surface area (Å²) in [7, 11) is 1.85. The Hall–Kier alpha value is -1.61. The number of aromatic nitrogens is 2. The van der Waals surface area contributed by atoms with Gasteiger partial charge >= 0.3 is 0 Å². The third kappa shape index (κ3) is 1.95. The number of aliphatic hydroxyl groups excluding tert-OH is 1. The molecule has 0 bridgehead atoms. The quantitative estimate of drug-likeness (QED) is 0.898. The SMILES string of the molecule is Cn1nccc1C(O)c1ccc(C2CCC2)cc1. The van der Waals surface area contributed by atoms with Crippen molar-refractivity contribution in [3.63, 3.8) is 0 Å². The summed E-state index contributed by atoms with van der Waals surface area (Å²) < 4.78 is 1.71. The van der Waals surface area contributed by atoms with Crippen LogP contribution < -0.4 is 0 Å². The lowest BCUT2D eigenvalue weighted by molar-refractivity contribution is 0.209. The van der Waals surface area contributed by atoms with Crippen LogP contribution in [-0.2, 0) is 7.05 Å². The summed E-state index contributed by atoms with van der Waals surface area (Å²) in [6, 6.07) is 10.2. The first kappa shape index (κ1) is 11.5. The van der Waals surface area contributed by atoms with Gasteiger partial charge < -0.3 is 5.11 Å². The lowest BCUT2D eigenvalue weighted by atomic mass is 9.80. The highest BCUT2D eigenvalue weighted by Crippen LogP contribution is 2.36. The third-order valence-corrected chi connectivity index (χ3v) is 3.97. The minimum atomic E-state index is -0.590. The first-order valence-electron chi connectivity index (χ1n) is 6.51. The highest BCUT2D eigenvalue weighted by atomic mass is 16.3. The predicted octanol–water partition coefficient (Wildman–Crippen LogP) is 2.77. The minimum Gasteiger partial charge on any atom is -0.382 e. The van der Waals surface area contributed by atoms with Crippen molar-refractivity contribution >= 4 is 0 Å². The molecule has 1 atom stereocenters. The third-order valence-electron chi connectivity index (χ3n) is 3.97. The van der Waals surface area contributed by atoms with E-state index in [1.54, 1.807) is 10.9 Å². The van der Waals surface area contributed by atoms with Crippen molar-refractivity contribution in [1.29, 1.82) is 0 Å². The predicted molar refractivity (Wildman–Crippen MR) is 70.3 cm³/mol. The van der Waals surface area contributed by atoms with E-state index >= 15 is 0 Å². The van der Waals surface area contributed by atoms with Crippen LogP contribution in [0.4, 0.5) is 0 Å². The topological polar surface area (TPSA) is 38.0 Å². The molecule has 0 saturated heterocycles. The number of aliphatic hydroxyl groups is 1. The molecule has 1 aliphatic carbocycles. The zero-order chi connectivity index (χ0) is 12.5. The summed E-state index contributed by atoms with van der Waals surface area (Å²) in [6.45, 7) is 0. The van der Waals surface area contributed by atoms with Crippen LogP contribution in [0.2, 0.25) is 0 Å². The van der Waals surface area contributed by atoms with E-state index in [9.17, 15) is 5.11 Å². The molecule has 0 amide bonds. The fourth-order valence-electron chi connectivity index (χ4n) is 2.52. The molecular formula is C15H18N2O. The van der Waals surface area contributed by atoms with Gasteiger partial charge in [0.1, 0.15) is 6.10 Å². The van der Waals surface area contributed by atoms with Crippen LogP contribution >= 0.6 is 0 Å². The van der Waals surface area contributed by atoms with E-state index in [4.69, 9.17) is 0 Å². The molecule has 1 heterocycles. The summed E-state index contributed by atoms with van der Waals surface area (Å²) in [6.07, 6.45) is 5.09. The van der Waals surface area contributed by atoms with Gasteiger partial charge in [-0.25, -0.2) is 0 Å². The van der Waals surface area contributed by atoms with Crippen LogP contribution in [0.3, 0.4) is 0 Å². The van der Waals surface area contributed by atoms with Crippen molar-refractivity contribution in [2.75, 3.05) is 0 Å². The molecule has 1 N–H and O–H groups in total. The van der Waals surface area contributed by atoms with Crippen molar-refractivity contribution in [3.8, 4) is 0 Å². The molecule has 94 valence electrons. The van der Waals surface area contributed by atoms with Crippen LogP contribution in [0.5, 0.6) is 0 Å². The zero-order valence-corrected chi connectivity index (χ0v) is 10.6. The van der Waals surface area contributed by atoms with Crippen LogP contribution in [0.15, 0.2) is 36.5 Å². The Morgan fingerprint density at radius 1 is 1.22 bits per heavy atom. The highest BCUT2D eigenvalue weighted by molar-refractivity contribution is 5.31. The Bertz CT molecular complexity index is 526. The second-order valence-corrected chi connectivity index (χ2v) is 5.08. The molecule has 3 nitrogen and oxygen atoms in total. The molecule has 1 fully saturated rings. The van der Waals surface area contributed by atoms with Crippen molar-refractivity contribution < 1.29 is 5.11 Å². The summed E-state index contributed by atoms with van der Waals surface area (Å²) in [5.41, 5.74) is 3.16. The van der Waals surface area contributed by atoms with Crippen LogP contribution in [0.1, 0.15) is 48.1 Å². The number of rotatable bonds is 3. The Labute approximate surface area is 107 Å². The molecule has 1 aromatic heterocycles. The van der Waals surface area contributed by atoms with E-state index in [0.717, 1.165) is 17.2 Å². The molecule has 1 saturated carbocycles. The first-order chi connectivity index (χ1) is 8.75. The highest BCUT2D eigenvalue weighted by Gasteiger charge is 2.20. The van der Waals surface area contributed by atoms with Crippen molar-refractivity contribution in [2.45, 2.75) is 31.3 Å². The Morgan fingerprint density at radius 2 is 1.94 bits per heavy atom. The lowest BCUT2D eigenvalue weighted by Crippen LogP contribution is -2.10. The standard InChI is InChI=1S/C15H18N2O/c1-17-14(9-10-16-17)15(18)13-7-5-12(6-8-13)11-3-2-4-11/h5-11,15,18H,2-4H2,1H3. The summed E-state index contributed by atoms with van der Waals surface area (Å²) in [5.74, 6) is 0.743. The molecule has 0 radical (unpaired) electrons. The molecule has 3 rings (SSSR count). The second-order valence-electron chi connectivity index (χ2n) is 5.08. The van der Waals surface area contributed by atoms with Gasteiger partial charge in [0, 0.05) is 13.2 Å². The van der Waals surface area contributed by atoms with Crippen molar-refractivity contribution in [2.24, 2.45) is 7.05 Å². The van der Waals surface area contributed by atoms with E-state index in [-0.39, 0.29) is 0 Å². The van der Waals surface area contributed by atoms with Gasteiger partial charge in [-0.1, -0.05) is 30.7 Å². The van der Waals surface area contributed by atoms with E-state index in [1.807, 2.05) is 25.2 Å². The Morgan fingerprint density at radius 3 is 2.44 bits per heavy atom. The fraction of sp³-hybridized carbons (Fsp3) is 0.400. The van der Waals surface area contributed by atoms with E-state index in [2.05, 4.69) is 17.2 Å². The molecule has 1 unspecified atom stereocenters. The number of aryl methyl sites for hydroxylation is 1. The van der Waals surface area contributed by atoms with Crippen LogP contribution in [0, 0.1) is 0 Å². The van der Waals surface area contributed by atoms with Crippen molar-refractivity contribution in [3.05, 3.63) is 53.3 Å². The molecule has 3 heteroatoms. The molecular weight excluding hydrogens is 224 g/mol. The van der Waals surface area contributed by atoms with Gasteiger partial charge in [-0.15, -0.1) is 0 Å². The average molecular weight is 242 g/mol. The summed E-state index contributed by atoms with van der Waals surface area (Å²) in [4.78, 5) is 0. The molecule has 18 heavy (non-hydrogen) atoms. The minimum absolute atomic E-state index is 0.590. The zero-order valence-electron chi connectivity index (χ0n) is 10.6. The molecule has 0 aliphatic heterocycles. The van der Waals surface area contributed by atoms with E-state index in [0.29, 0.717) is 0 Å². The van der Waals surface area contributed by atoms with Gasteiger partial charge in [0.2, 0.25) is 0 Å².